The van der Waals surface area contributed by atoms with Gasteiger partial charge >= 0.3 is 6.18 Å². The van der Waals surface area contributed by atoms with Crippen molar-refractivity contribution in [2.75, 3.05) is 19.6 Å². The second kappa shape index (κ2) is 10.7. The van der Waals surface area contributed by atoms with Crippen molar-refractivity contribution in [1.29, 1.82) is 0 Å². The fourth-order valence-corrected chi connectivity index (χ4v) is 5.56. The Balaban J connectivity index is 1.47. The van der Waals surface area contributed by atoms with E-state index in [-0.39, 0.29) is 18.0 Å². The summed E-state index contributed by atoms with van der Waals surface area (Å²) in [6, 6.07) is 14.4. The Morgan fingerprint density at radius 3 is 2.62 bits per heavy atom. The van der Waals surface area contributed by atoms with E-state index in [2.05, 4.69) is 10.3 Å². The van der Waals surface area contributed by atoms with E-state index < -0.39 is 17.8 Å². The number of rotatable bonds is 5. The van der Waals surface area contributed by atoms with Crippen molar-refractivity contribution in [2.45, 2.75) is 56.5 Å². The Morgan fingerprint density at radius 2 is 1.86 bits per heavy atom. The van der Waals surface area contributed by atoms with Gasteiger partial charge in [0.1, 0.15) is 0 Å². The molecule has 1 saturated carbocycles. The summed E-state index contributed by atoms with van der Waals surface area (Å²) in [5.41, 5.74) is 1.65. The first-order valence-electron chi connectivity index (χ1n) is 12.8. The van der Waals surface area contributed by atoms with Crippen LogP contribution >= 0.6 is 0 Å². The van der Waals surface area contributed by atoms with Gasteiger partial charge < -0.3 is 19.9 Å². The lowest BCUT2D eigenvalue weighted by molar-refractivity contribution is -0.137. The average molecular weight is 513 g/mol. The summed E-state index contributed by atoms with van der Waals surface area (Å²) in [6.07, 6.45) is 0.488. The molecule has 0 bridgehead atoms. The number of hydrogen-bond donors (Lipinski definition) is 2. The molecular weight excluding hydrogens is 481 g/mol. The largest absolute Gasteiger partial charge is 0.416 e. The number of alkyl halides is 3. The Labute approximate surface area is 214 Å². The summed E-state index contributed by atoms with van der Waals surface area (Å²) in [7, 11) is 0. The zero-order valence-corrected chi connectivity index (χ0v) is 20.5. The van der Waals surface area contributed by atoms with Gasteiger partial charge in [0.05, 0.1) is 29.7 Å². The molecule has 1 aliphatic carbocycles. The number of benzene rings is 2. The molecule has 1 aliphatic heterocycles. The van der Waals surface area contributed by atoms with Crippen molar-refractivity contribution in [1.82, 2.24) is 19.8 Å². The maximum absolute atomic E-state index is 14.0. The number of nitrogens with one attached hydrogen (secondary N) is 1. The van der Waals surface area contributed by atoms with Crippen LogP contribution in [0.15, 0.2) is 60.9 Å². The third-order valence-corrected chi connectivity index (χ3v) is 7.43. The van der Waals surface area contributed by atoms with Crippen LogP contribution in [0.1, 0.15) is 53.3 Å². The monoisotopic (exact) mass is 512 g/mol. The van der Waals surface area contributed by atoms with Crippen molar-refractivity contribution in [3.8, 4) is 11.3 Å². The van der Waals surface area contributed by atoms with E-state index in [1.165, 1.54) is 6.07 Å². The quantitative estimate of drug-likeness (QED) is 0.520. The first kappa shape index (κ1) is 25.5. The highest BCUT2D eigenvalue weighted by molar-refractivity contribution is 5.98. The van der Waals surface area contributed by atoms with E-state index >= 15 is 0 Å². The molecule has 2 aromatic carbocycles. The van der Waals surface area contributed by atoms with Crippen molar-refractivity contribution < 1.29 is 23.1 Å². The van der Waals surface area contributed by atoms with Gasteiger partial charge in [-0.25, -0.2) is 4.98 Å². The van der Waals surface area contributed by atoms with Gasteiger partial charge in [0.25, 0.3) is 5.91 Å². The molecule has 6 nitrogen and oxygen atoms in total. The number of halogens is 3. The molecule has 0 radical (unpaired) electrons. The fourth-order valence-electron chi connectivity index (χ4n) is 5.56. The van der Waals surface area contributed by atoms with E-state index in [0.717, 1.165) is 37.0 Å². The molecule has 1 saturated heterocycles. The van der Waals surface area contributed by atoms with Gasteiger partial charge in [-0.1, -0.05) is 61.4 Å². The lowest BCUT2D eigenvalue weighted by Gasteiger charge is -2.36. The van der Waals surface area contributed by atoms with Crippen molar-refractivity contribution in [3.63, 3.8) is 0 Å². The minimum Gasteiger partial charge on any atom is -0.391 e. The van der Waals surface area contributed by atoms with E-state index in [1.807, 2.05) is 34.9 Å². The summed E-state index contributed by atoms with van der Waals surface area (Å²) in [5.74, 6) is -0.249. The predicted molar refractivity (Wildman–Crippen MR) is 134 cm³/mol. The number of aliphatic hydroxyl groups excluding tert-OH is 1. The zero-order valence-electron chi connectivity index (χ0n) is 20.5. The molecule has 2 fully saturated rings. The lowest BCUT2D eigenvalue weighted by Crippen LogP contribution is -2.54. The van der Waals surface area contributed by atoms with E-state index in [4.69, 9.17) is 0 Å². The number of imidazole rings is 1. The van der Waals surface area contributed by atoms with Crippen molar-refractivity contribution >= 4 is 5.91 Å². The molecule has 1 aromatic heterocycles. The number of carbonyl (C=O) groups is 1. The standard InChI is InChI=1S/C28H31F3N4O2/c29-28(30,31)21-10-6-7-19(15-21)16-22-17-32-13-14-34(22)27(37)25-26(20-8-2-1-3-9-20)35(18-33-25)23-11-4-5-12-24(23)36/h1-3,6-10,15,18,22-24,32,36H,4-5,11-14,16-17H2/t22-,23+,24-/m1/s1. The zero-order chi connectivity index (χ0) is 26.0. The molecule has 2 N–H and O–H groups in total. The van der Waals surface area contributed by atoms with Gasteiger partial charge in [0, 0.05) is 31.2 Å². The molecule has 3 atom stereocenters. The van der Waals surface area contributed by atoms with Gasteiger partial charge in [-0.3, -0.25) is 4.79 Å². The lowest BCUT2D eigenvalue weighted by atomic mass is 9.92. The molecule has 0 unspecified atom stereocenters. The average Bonchev–Trinajstić information content (AvgIpc) is 3.34. The third kappa shape index (κ3) is 5.43. The van der Waals surface area contributed by atoms with E-state index in [9.17, 15) is 23.1 Å². The molecule has 0 spiro atoms. The van der Waals surface area contributed by atoms with Crippen LogP contribution in [0.25, 0.3) is 11.3 Å². The van der Waals surface area contributed by atoms with Crippen molar-refractivity contribution in [2.24, 2.45) is 0 Å². The molecule has 5 rings (SSSR count). The Bertz CT molecular complexity index is 1230. The van der Waals surface area contributed by atoms with Crippen LogP contribution in [0.4, 0.5) is 13.2 Å². The Hall–Kier alpha value is -3.17. The number of aromatic nitrogens is 2. The van der Waals surface area contributed by atoms with Crippen LogP contribution in [0.3, 0.4) is 0 Å². The summed E-state index contributed by atoms with van der Waals surface area (Å²) in [4.78, 5) is 20.3. The first-order chi connectivity index (χ1) is 17.8. The highest BCUT2D eigenvalue weighted by Crippen LogP contribution is 2.35. The smallest absolute Gasteiger partial charge is 0.391 e. The number of nitrogens with zero attached hydrogens (tertiary/aromatic N) is 3. The van der Waals surface area contributed by atoms with Crippen LogP contribution in [-0.4, -0.2) is 57.2 Å². The predicted octanol–water partition coefficient (Wildman–Crippen LogP) is 4.70. The number of aliphatic hydroxyl groups is 1. The second-order valence-electron chi connectivity index (χ2n) is 9.89. The molecule has 3 aromatic rings. The number of piperazine rings is 1. The van der Waals surface area contributed by atoms with Crippen LogP contribution in [0.5, 0.6) is 0 Å². The van der Waals surface area contributed by atoms with Gasteiger partial charge in [-0.2, -0.15) is 13.2 Å². The van der Waals surface area contributed by atoms with Crippen molar-refractivity contribution in [3.05, 3.63) is 77.7 Å². The minimum atomic E-state index is -4.42. The van der Waals surface area contributed by atoms with E-state index in [1.54, 1.807) is 17.3 Å². The van der Waals surface area contributed by atoms with Crippen LogP contribution in [-0.2, 0) is 12.6 Å². The Kier molecular flexibility index (Phi) is 7.35. The first-order valence-corrected chi connectivity index (χ1v) is 12.8. The van der Waals surface area contributed by atoms with Crippen LogP contribution in [0.2, 0.25) is 0 Å². The highest BCUT2D eigenvalue weighted by atomic mass is 19.4. The summed E-state index contributed by atoms with van der Waals surface area (Å²) >= 11 is 0. The fraction of sp³-hybridized carbons (Fsp3) is 0.429. The molecule has 37 heavy (non-hydrogen) atoms. The second-order valence-corrected chi connectivity index (χ2v) is 9.89. The highest BCUT2D eigenvalue weighted by Gasteiger charge is 2.35. The minimum absolute atomic E-state index is 0.165. The maximum atomic E-state index is 14.0. The Morgan fingerprint density at radius 1 is 1.08 bits per heavy atom. The number of amides is 1. The normalized spacial score (nSPS) is 22.7. The summed E-state index contributed by atoms with van der Waals surface area (Å²) in [5, 5.41) is 14.0. The van der Waals surface area contributed by atoms with Gasteiger partial charge in [-0.15, -0.1) is 0 Å². The van der Waals surface area contributed by atoms with Gasteiger partial charge in [0.2, 0.25) is 0 Å². The van der Waals surface area contributed by atoms with Gasteiger partial charge in [0.15, 0.2) is 5.69 Å². The van der Waals surface area contributed by atoms with E-state index in [0.29, 0.717) is 49.4 Å². The molecule has 2 heterocycles. The summed E-state index contributed by atoms with van der Waals surface area (Å²) in [6.45, 7) is 1.49. The topological polar surface area (TPSA) is 70.4 Å². The molecular formula is C28H31F3N4O2. The maximum Gasteiger partial charge on any atom is 0.416 e. The SMILES string of the molecule is O=C(c1ncn([C@H]2CCCC[C@H]2O)c1-c1ccccc1)N1CCNC[C@H]1Cc1cccc(C(F)(F)F)c1. The van der Waals surface area contributed by atoms with Gasteiger partial charge in [-0.05, 0) is 30.9 Å². The third-order valence-electron chi connectivity index (χ3n) is 7.43. The number of carbonyl (C=O) groups excluding carboxylic acids is 1. The van der Waals surface area contributed by atoms with Crippen LogP contribution in [0, 0.1) is 0 Å². The molecule has 9 heteroatoms. The molecule has 196 valence electrons. The molecule has 2 aliphatic rings. The number of hydrogen-bond acceptors (Lipinski definition) is 4. The molecule has 1 amide bonds. The van der Waals surface area contributed by atoms with Crippen LogP contribution < -0.4 is 5.32 Å². The summed E-state index contributed by atoms with van der Waals surface area (Å²) < 4.78 is 41.7.